The third kappa shape index (κ3) is 4.73. The minimum atomic E-state index is -4.55. The largest absolute Gasteiger partial charge is 0.444 e. The third-order valence-electron chi connectivity index (χ3n) is 7.00. The molecule has 2 bridgehead atoms. The lowest BCUT2D eigenvalue weighted by Crippen LogP contribution is -2.47. The summed E-state index contributed by atoms with van der Waals surface area (Å²) in [5.41, 5.74) is 0.212. The number of carbonyl (C=O) groups excluding carboxylic acids is 1. The smallest absolute Gasteiger partial charge is 0.433 e. The molecule has 0 radical (unpaired) electrons. The Kier molecular flexibility index (Phi) is 5.76. The van der Waals surface area contributed by atoms with Gasteiger partial charge in [-0.05, 0) is 69.1 Å². The van der Waals surface area contributed by atoms with Crippen LogP contribution in [0.2, 0.25) is 0 Å². The molecule has 35 heavy (non-hydrogen) atoms. The highest BCUT2D eigenvalue weighted by atomic mass is 19.4. The molecule has 0 spiro atoms. The highest BCUT2D eigenvalue weighted by Crippen LogP contribution is 2.44. The first-order chi connectivity index (χ1) is 16.5. The molecule has 1 saturated carbocycles. The summed E-state index contributed by atoms with van der Waals surface area (Å²) < 4.78 is 47.7. The summed E-state index contributed by atoms with van der Waals surface area (Å²) in [7, 11) is 0. The number of ether oxygens (including phenoxy) is 1. The van der Waals surface area contributed by atoms with Crippen LogP contribution in [0.5, 0.6) is 0 Å². The van der Waals surface area contributed by atoms with Gasteiger partial charge in [-0.2, -0.15) is 18.3 Å². The Labute approximate surface area is 202 Å². The maximum Gasteiger partial charge on any atom is 0.433 e. The van der Waals surface area contributed by atoms with Crippen LogP contribution in [0.25, 0.3) is 16.8 Å². The van der Waals surface area contributed by atoms with Crippen molar-refractivity contribution in [2.45, 2.75) is 51.8 Å². The zero-order chi connectivity index (χ0) is 25.0. The van der Waals surface area contributed by atoms with Crippen molar-refractivity contribution in [3.63, 3.8) is 0 Å². The summed E-state index contributed by atoms with van der Waals surface area (Å²) >= 11 is 0. The van der Waals surface area contributed by atoms with Gasteiger partial charge in [-0.15, -0.1) is 0 Å². The van der Waals surface area contributed by atoms with E-state index in [9.17, 15) is 18.0 Å². The van der Waals surface area contributed by atoms with Crippen LogP contribution in [-0.2, 0) is 17.3 Å². The van der Waals surface area contributed by atoms with Crippen LogP contribution in [-0.4, -0.2) is 44.3 Å². The van der Waals surface area contributed by atoms with Gasteiger partial charge in [-0.1, -0.05) is 30.3 Å². The molecule has 0 N–H and O–H groups in total. The number of carbonyl (C=O) groups is 1. The molecule has 5 rings (SSSR count). The molecule has 186 valence electrons. The Bertz CT molecular complexity index is 1220. The number of halogens is 3. The summed E-state index contributed by atoms with van der Waals surface area (Å²) in [6.45, 7) is 6.72. The molecule has 1 saturated heterocycles. The van der Waals surface area contributed by atoms with Crippen molar-refractivity contribution < 1.29 is 22.7 Å². The van der Waals surface area contributed by atoms with Gasteiger partial charge < -0.3 is 9.64 Å². The molecule has 2 fully saturated rings. The Hall–Kier alpha value is -3.10. The van der Waals surface area contributed by atoms with Crippen molar-refractivity contribution in [1.82, 2.24) is 19.5 Å². The Morgan fingerprint density at radius 3 is 2.29 bits per heavy atom. The summed E-state index contributed by atoms with van der Waals surface area (Å²) in [6.07, 6.45) is -2.40. The second-order valence-corrected chi connectivity index (χ2v) is 10.6. The number of hydrogen-bond acceptors (Lipinski definition) is 4. The van der Waals surface area contributed by atoms with Crippen LogP contribution in [0, 0.1) is 17.8 Å². The van der Waals surface area contributed by atoms with Crippen LogP contribution < -0.4 is 0 Å². The molecule has 3 heterocycles. The third-order valence-corrected chi connectivity index (χ3v) is 7.00. The van der Waals surface area contributed by atoms with Crippen LogP contribution in [0.1, 0.15) is 45.1 Å². The molecule has 1 aromatic carbocycles. The normalized spacial score (nSPS) is 22.6. The van der Waals surface area contributed by atoms with Crippen LogP contribution in [0.15, 0.2) is 42.5 Å². The average molecular weight is 487 g/mol. The van der Waals surface area contributed by atoms with Gasteiger partial charge in [0.05, 0.1) is 0 Å². The number of alkyl halides is 3. The second-order valence-electron chi connectivity index (χ2n) is 10.6. The second kappa shape index (κ2) is 8.53. The van der Waals surface area contributed by atoms with Gasteiger partial charge in [-0.3, -0.25) is 0 Å². The number of piperidine rings is 1. The lowest BCUT2D eigenvalue weighted by molar-refractivity contribution is -0.142. The number of amides is 1. The van der Waals surface area contributed by atoms with Gasteiger partial charge in [-0.25, -0.2) is 14.3 Å². The number of aromatic nitrogens is 3. The van der Waals surface area contributed by atoms with Crippen LogP contribution in [0.3, 0.4) is 0 Å². The van der Waals surface area contributed by atoms with E-state index < -0.39 is 17.5 Å². The molecular weight excluding hydrogens is 457 g/mol. The molecule has 2 aromatic heterocycles. The minimum Gasteiger partial charge on any atom is -0.444 e. The lowest BCUT2D eigenvalue weighted by Gasteiger charge is -2.38. The first-order valence-corrected chi connectivity index (χ1v) is 12.0. The van der Waals surface area contributed by atoms with Crippen LogP contribution in [0.4, 0.5) is 18.0 Å². The van der Waals surface area contributed by atoms with Crippen molar-refractivity contribution in [1.29, 1.82) is 0 Å². The highest BCUT2D eigenvalue weighted by molar-refractivity contribution is 5.77. The molecule has 3 atom stereocenters. The number of benzene rings is 1. The van der Waals surface area contributed by atoms with E-state index in [-0.39, 0.29) is 29.5 Å². The summed E-state index contributed by atoms with van der Waals surface area (Å²) in [5, 5.41) is 4.34. The molecule has 9 heteroatoms. The van der Waals surface area contributed by atoms with E-state index in [2.05, 4.69) is 10.1 Å². The molecule has 1 unspecified atom stereocenters. The van der Waals surface area contributed by atoms with Crippen molar-refractivity contribution in [3.8, 4) is 11.1 Å². The number of hydrogen-bond donors (Lipinski definition) is 0. The first kappa shape index (κ1) is 23.6. The molecule has 1 aliphatic heterocycles. The van der Waals surface area contributed by atoms with Gasteiger partial charge >= 0.3 is 12.3 Å². The summed E-state index contributed by atoms with van der Waals surface area (Å²) in [6, 6.07) is 11.8. The quantitative estimate of drug-likeness (QED) is 0.466. The fourth-order valence-corrected chi connectivity index (χ4v) is 5.50. The predicted octanol–water partition coefficient (Wildman–Crippen LogP) is 5.85. The number of likely N-dealkylation sites (tertiary alicyclic amines) is 1. The van der Waals surface area contributed by atoms with E-state index >= 15 is 0 Å². The number of pyridine rings is 1. The van der Waals surface area contributed by atoms with E-state index in [0.717, 1.165) is 29.0 Å². The average Bonchev–Trinajstić information content (AvgIpc) is 3.28. The van der Waals surface area contributed by atoms with Gasteiger partial charge in [0.15, 0.2) is 11.5 Å². The van der Waals surface area contributed by atoms with Crippen molar-refractivity contribution in [2.24, 2.45) is 17.8 Å². The Balaban J connectivity index is 1.43. The van der Waals surface area contributed by atoms with Gasteiger partial charge in [0.1, 0.15) is 11.3 Å². The summed E-state index contributed by atoms with van der Waals surface area (Å²) in [5.74, 6) is 1.14. The monoisotopic (exact) mass is 486 g/mol. The Morgan fingerprint density at radius 2 is 1.69 bits per heavy atom. The molecule has 3 aromatic rings. The van der Waals surface area contributed by atoms with Crippen LogP contribution >= 0.6 is 0 Å². The van der Waals surface area contributed by atoms with Crippen molar-refractivity contribution in [2.75, 3.05) is 13.1 Å². The predicted molar refractivity (Wildman–Crippen MR) is 125 cm³/mol. The summed E-state index contributed by atoms with van der Waals surface area (Å²) in [4.78, 5) is 19.0. The molecule has 2 aliphatic rings. The zero-order valence-electron chi connectivity index (χ0n) is 20.0. The maximum atomic E-state index is 13.8. The van der Waals surface area contributed by atoms with E-state index in [4.69, 9.17) is 4.74 Å². The van der Waals surface area contributed by atoms with E-state index in [0.29, 0.717) is 30.9 Å². The van der Waals surface area contributed by atoms with Crippen molar-refractivity contribution >= 4 is 11.7 Å². The highest BCUT2D eigenvalue weighted by Gasteiger charge is 2.44. The standard InChI is InChI=1S/C26H29F3N4O2/c1-25(2,3)35-24(34)32-14-17-9-10-18(15-32)20(17)13-22-30-23-19(16-7-5-4-6-8-16)11-12-21(26(27,28)29)33(23)31-22/h4-8,11-12,17-18,20H,9-10,13-15H2,1-3H3/t17-,18+,20?. The molecule has 1 amide bonds. The molecule has 1 aliphatic carbocycles. The van der Waals surface area contributed by atoms with E-state index in [1.807, 2.05) is 51.1 Å². The topological polar surface area (TPSA) is 59.7 Å². The van der Waals surface area contributed by atoms with Crippen molar-refractivity contribution in [3.05, 3.63) is 54.0 Å². The SMILES string of the molecule is CC(C)(C)OC(=O)N1C[C@H]2CC[C@@H](C1)C2Cc1nc2c(-c3ccccc3)ccc(C(F)(F)F)n2n1. The zero-order valence-corrected chi connectivity index (χ0v) is 20.0. The number of nitrogens with zero attached hydrogens (tertiary/aromatic N) is 4. The lowest BCUT2D eigenvalue weighted by atomic mass is 9.82. The molecule has 6 nitrogen and oxygen atoms in total. The fraction of sp³-hybridized carbons (Fsp3) is 0.500. The number of fused-ring (bicyclic) bond motifs is 3. The van der Waals surface area contributed by atoms with Gasteiger partial charge in [0.25, 0.3) is 0 Å². The van der Waals surface area contributed by atoms with E-state index in [1.165, 1.54) is 6.07 Å². The van der Waals surface area contributed by atoms with E-state index in [1.54, 1.807) is 4.90 Å². The van der Waals surface area contributed by atoms with Gasteiger partial charge in [0.2, 0.25) is 0 Å². The minimum absolute atomic E-state index is 0.208. The molecular formula is C26H29F3N4O2. The fourth-order valence-electron chi connectivity index (χ4n) is 5.50. The Morgan fingerprint density at radius 1 is 1.03 bits per heavy atom. The van der Waals surface area contributed by atoms with Gasteiger partial charge in [0, 0.05) is 25.1 Å². The maximum absolute atomic E-state index is 13.8. The number of rotatable bonds is 3. The first-order valence-electron chi connectivity index (χ1n) is 12.0.